The van der Waals surface area contributed by atoms with Crippen LogP contribution in [0.3, 0.4) is 0 Å². The number of carbonyl (C=O) groups excluding carboxylic acids is 3. The molecule has 26 heavy (non-hydrogen) atoms. The second-order valence-corrected chi connectivity index (χ2v) is 12.9. The number of hydrogen-bond acceptors (Lipinski definition) is 5. The SMILES string of the molecule is CC(=O)C1C(CCOC(=O)OCC(Cl)(Cl)Cl)C(=O)N1[SiH2]C(C)(C)C(C)C. The number of amides is 1. The average Bonchev–Trinajstić information content (AvgIpc) is 2.49. The number of Topliss-reactive ketones (excluding diaryl/α,β-unsaturated/α-hetero) is 1. The fourth-order valence-corrected chi connectivity index (χ4v) is 5.16. The number of hydrogen-bond donors (Lipinski definition) is 0. The minimum atomic E-state index is -1.71. The molecule has 150 valence electrons. The Hall–Kier alpha value is -0.503. The molecular weight excluding hydrogens is 421 g/mol. The highest BCUT2D eigenvalue weighted by atomic mass is 35.6. The molecule has 1 aliphatic heterocycles. The van der Waals surface area contributed by atoms with Gasteiger partial charge in [0.15, 0.2) is 5.78 Å². The highest BCUT2D eigenvalue weighted by Gasteiger charge is 2.50. The van der Waals surface area contributed by atoms with Crippen LogP contribution in [0, 0.1) is 11.8 Å². The molecular formula is C16H26Cl3NO5Si. The van der Waals surface area contributed by atoms with Crippen molar-refractivity contribution in [3.05, 3.63) is 0 Å². The largest absolute Gasteiger partial charge is 0.508 e. The number of ether oxygens (including phenoxy) is 2. The van der Waals surface area contributed by atoms with Crippen molar-refractivity contribution in [3.8, 4) is 0 Å². The van der Waals surface area contributed by atoms with Crippen molar-refractivity contribution < 1.29 is 23.9 Å². The van der Waals surface area contributed by atoms with E-state index in [0.717, 1.165) is 0 Å². The predicted octanol–water partition coefficient (Wildman–Crippen LogP) is 3.25. The lowest BCUT2D eigenvalue weighted by molar-refractivity contribution is -0.154. The fraction of sp³-hybridized carbons (Fsp3) is 0.812. The van der Waals surface area contributed by atoms with E-state index in [4.69, 9.17) is 39.5 Å². The highest BCUT2D eigenvalue weighted by molar-refractivity contribution is 6.67. The molecule has 0 N–H and O–H groups in total. The van der Waals surface area contributed by atoms with Gasteiger partial charge in [0, 0.05) is 0 Å². The van der Waals surface area contributed by atoms with E-state index in [1.807, 2.05) is 0 Å². The maximum Gasteiger partial charge on any atom is 0.508 e. The maximum absolute atomic E-state index is 12.5. The van der Waals surface area contributed by atoms with Gasteiger partial charge < -0.3 is 14.0 Å². The first-order valence-electron chi connectivity index (χ1n) is 8.43. The van der Waals surface area contributed by atoms with Crippen LogP contribution in [0.4, 0.5) is 4.79 Å². The number of halogens is 3. The molecule has 1 aliphatic rings. The van der Waals surface area contributed by atoms with Gasteiger partial charge in [-0.1, -0.05) is 62.5 Å². The number of β-lactam (4-membered cyclic amide) rings is 1. The van der Waals surface area contributed by atoms with Crippen LogP contribution in [0.1, 0.15) is 41.0 Å². The lowest BCUT2D eigenvalue weighted by Crippen LogP contribution is -2.66. The van der Waals surface area contributed by atoms with Crippen molar-refractivity contribution in [2.75, 3.05) is 13.2 Å². The number of rotatable bonds is 8. The summed E-state index contributed by atoms with van der Waals surface area (Å²) in [5, 5.41) is 0.0335. The minimum absolute atomic E-state index is 0.0335. The third kappa shape index (κ3) is 6.58. The second-order valence-electron chi connectivity index (χ2n) is 7.56. The van der Waals surface area contributed by atoms with Crippen LogP contribution >= 0.6 is 34.8 Å². The Labute approximate surface area is 171 Å². The molecule has 0 spiro atoms. The van der Waals surface area contributed by atoms with Gasteiger partial charge in [-0.25, -0.2) is 4.79 Å². The third-order valence-electron chi connectivity index (χ3n) is 4.88. The minimum Gasteiger partial charge on any atom is -0.434 e. The number of nitrogens with zero attached hydrogens (tertiary/aromatic N) is 1. The summed E-state index contributed by atoms with van der Waals surface area (Å²) in [7, 11) is -0.943. The third-order valence-corrected chi connectivity index (χ3v) is 7.88. The van der Waals surface area contributed by atoms with E-state index in [1.54, 1.807) is 4.57 Å². The van der Waals surface area contributed by atoms with Gasteiger partial charge in [0.25, 0.3) is 0 Å². The zero-order chi connectivity index (χ0) is 20.3. The molecule has 0 aliphatic carbocycles. The second kappa shape index (κ2) is 9.13. The number of carbonyl (C=O) groups is 3. The summed E-state index contributed by atoms with van der Waals surface area (Å²) in [4.78, 5) is 35.9. The lowest BCUT2D eigenvalue weighted by atomic mass is 9.85. The molecule has 0 saturated carbocycles. The van der Waals surface area contributed by atoms with Crippen LogP contribution in [0.15, 0.2) is 0 Å². The van der Waals surface area contributed by atoms with Gasteiger partial charge in [0.1, 0.15) is 16.3 Å². The van der Waals surface area contributed by atoms with Gasteiger partial charge in [-0.05, 0) is 24.3 Å². The monoisotopic (exact) mass is 445 g/mol. The lowest BCUT2D eigenvalue weighted by Gasteiger charge is -2.50. The van der Waals surface area contributed by atoms with Gasteiger partial charge in [-0.2, -0.15) is 0 Å². The Balaban J connectivity index is 2.54. The van der Waals surface area contributed by atoms with E-state index in [1.165, 1.54) is 6.92 Å². The summed E-state index contributed by atoms with van der Waals surface area (Å²) >= 11 is 16.4. The summed E-state index contributed by atoms with van der Waals surface area (Å²) in [6.07, 6.45) is -0.714. The Morgan fingerprint density at radius 2 is 1.81 bits per heavy atom. The van der Waals surface area contributed by atoms with Crippen LogP contribution in [-0.2, 0) is 19.1 Å². The smallest absolute Gasteiger partial charge is 0.434 e. The van der Waals surface area contributed by atoms with E-state index in [-0.39, 0.29) is 29.8 Å². The highest BCUT2D eigenvalue weighted by Crippen LogP contribution is 2.39. The fourth-order valence-electron chi connectivity index (χ4n) is 2.65. The van der Waals surface area contributed by atoms with Crippen molar-refractivity contribution in [3.63, 3.8) is 0 Å². The zero-order valence-electron chi connectivity index (χ0n) is 15.7. The molecule has 2 atom stereocenters. The first kappa shape index (κ1) is 23.5. The van der Waals surface area contributed by atoms with Crippen LogP contribution < -0.4 is 0 Å². The standard InChI is InChI=1S/C16H26Cl3NO5Si/c1-9(2)15(4,5)26-20-12(10(3)21)11(13(20)22)6-7-24-14(23)25-8-16(17,18)19/h9,11-12H,6-8,26H2,1-5H3. The van der Waals surface area contributed by atoms with Crippen molar-refractivity contribution in [1.29, 1.82) is 0 Å². The molecule has 1 heterocycles. The normalized spacial score (nSPS) is 21.3. The molecule has 2 unspecified atom stereocenters. The van der Waals surface area contributed by atoms with Crippen molar-refractivity contribution >= 4 is 62.3 Å². The Morgan fingerprint density at radius 3 is 2.27 bits per heavy atom. The number of alkyl halides is 3. The summed E-state index contributed by atoms with van der Waals surface area (Å²) in [5.74, 6) is -0.113. The maximum atomic E-state index is 12.5. The van der Waals surface area contributed by atoms with Crippen LogP contribution in [0.2, 0.25) is 5.04 Å². The Bertz CT molecular complexity index is 550. The summed E-state index contributed by atoms with van der Waals surface area (Å²) in [6.45, 7) is 9.52. The molecule has 0 bridgehead atoms. The molecule has 0 aromatic carbocycles. The van der Waals surface area contributed by atoms with Crippen LogP contribution in [0.25, 0.3) is 0 Å². The van der Waals surface area contributed by atoms with Gasteiger partial charge in [0.05, 0.1) is 18.6 Å². The predicted molar refractivity (Wildman–Crippen MR) is 104 cm³/mol. The molecule has 1 rings (SSSR count). The summed E-state index contributed by atoms with van der Waals surface area (Å²) in [5.41, 5.74) is 0. The first-order valence-corrected chi connectivity index (χ1v) is 10.9. The molecule has 1 saturated heterocycles. The molecule has 10 heteroatoms. The van der Waals surface area contributed by atoms with Crippen LogP contribution in [-0.4, -0.2) is 55.1 Å². The quantitative estimate of drug-likeness (QED) is 0.248. The van der Waals surface area contributed by atoms with E-state index in [2.05, 4.69) is 32.4 Å². The number of ketones is 1. The molecule has 0 aromatic rings. The molecule has 0 radical (unpaired) electrons. The average molecular weight is 447 g/mol. The zero-order valence-corrected chi connectivity index (χ0v) is 19.4. The van der Waals surface area contributed by atoms with Gasteiger partial charge >= 0.3 is 6.16 Å². The Morgan fingerprint density at radius 1 is 1.23 bits per heavy atom. The van der Waals surface area contributed by atoms with Gasteiger partial charge in [-0.15, -0.1) is 0 Å². The topological polar surface area (TPSA) is 72.9 Å². The molecule has 1 fully saturated rings. The van der Waals surface area contributed by atoms with Crippen molar-refractivity contribution in [2.24, 2.45) is 11.8 Å². The van der Waals surface area contributed by atoms with E-state index >= 15 is 0 Å². The van der Waals surface area contributed by atoms with Crippen molar-refractivity contribution in [2.45, 2.75) is 55.9 Å². The van der Waals surface area contributed by atoms with E-state index < -0.39 is 38.2 Å². The van der Waals surface area contributed by atoms with E-state index in [9.17, 15) is 14.4 Å². The van der Waals surface area contributed by atoms with Crippen molar-refractivity contribution in [1.82, 2.24) is 4.57 Å². The van der Waals surface area contributed by atoms with E-state index in [0.29, 0.717) is 5.92 Å². The first-order chi connectivity index (χ1) is 11.8. The van der Waals surface area contributed by atoms with Crippen LogP contribution in [0.5, 0.6) is 0 Å². The Kier molecular flexibility index (Phi) is 8.26. The molecule has 1 amide bonds. The van der Waals surface area contributed by atoms with Gasteiger partial charge in [-0.3, -0.25) is 9.59 Å². The van der Waals surface area contributed by atoms with Gasteiger partial charge in [0.2, 0.25) is 9.70 Å². The molecule has 0 aromatic heterocycles. The molecule has 6 nitrogen and oxygen atoms in total. The summed E-state index contributed by atoms with van der Waals surface area (Å²) in [6, 6.07) is -0.423. The summed E-state index contributed by atoms with van der Waals surface area (Å²) < 4.78 is 9.58.